The second-order valence-electron chi connectivity index (χ2n) is 4.41. The maximum Gasteiger partial charge on any atom is 0.240 e. The molecule has 0 atom stereocenters. The summed E-state index contributed by atoms with van der Waals surface area (Å²) in [6.07, 6.45) is 0. The number of piperazine rings is 1. The largest absolute Gasteiger partial charge is 0.372 e. The van der Waals surface area contributed by atoms with E-state index in [1.165, 1.54) is 5.69 Å². The average Bonchev–Trinajstić information content (AvgIpc) is 2.42. The number of carbonyl (C=O) groups is 1. The Morgan fingerprint density at radius 3 is 2.44 bits per heavy atom. The molecular formula is C14H21N3O. The van der Waals surface area contributed by atoms with E-state index in [0.29, 0.717) is 6.54 Å². The third-order valence-corrected chi connectivity index (χ3v) is 3.38. The molecule has 0 aliphatic carbocycles. The highest BCUT2D eigenvalue weighted by molar-refractivity contribution is 5.95. The first kappa shape index (κ1) is 12.9. The molecule has 4 heteroatoms. The van der Waals surface area contributed by atoms with Crippen LogP contribution in [0.3, 0.4) is 0 Å². The number of carbonyl (C=O) groups excluding carboxylic acids is 1. The zero-order valence-electron chi connectivity index (χ0n) is 11.1. The Bertz CT molecular complexity index is 398. The summed E-state index contributed by atoms with van der Waals surface area (Å²) in [4.78, 5) is 15.9. The third-order valence-electron chi connectivity index (χ3n) is 3.38. The SMILES string of the molecule is CCN(CC)c1ccc(N2CCNCC2=O)cc1. The van der Waals surface area contributed by atoms with Gasteiger partial charge in [-0.15, -0.1) is 0 Å². The van der Waals surface area contributed by atoms with Crippen LogP contribution in [0.15, 0.2) is 24.3 Å². The molecule has 1 amide bonds. The van der Waals surface area contributed by atoms with Crippen molar-refractivity contribution in [1.82, 2.24) is 5.32 Å². The lowest BCUT2D eigenvalue weighted by molar-refractivity contribution is -0.118. The Balaban J connectivity index is 2.13. The highest BCUT2D eigenvalue weighted by Crippen LogP contribution is 2.21. The molecular weight excluding hydrogens is 226 g/mol. The molecule has 18 heavy (non-hydrogen) atoms. The van der Waals surface area contributed by atoms with Crippen LogP contribution in [0.4, 0.5) is 11.4 Å². The van der Waals surface area contributed by atoms with Gasteiger partial charge >= 0.3 is 0 Å². The molecule has 2 rings (SSSR count). The molecule has 1 aliphatic rings. The van der Waals surface area contributed by atoms with Gasteiger partial charge in [-0.2, -0.15) is 0 Å². The molecule has 1 saturated heterocycles. The molecule has 4 nitrogen and oxygen atoms in total. The van der Waals surface area contributed by atoms with Gasteiger partial charge in [0, 0.05) is 37.6 Å². The normalized spacial score (nSPS) is 15.9. The molecule has 1 aromatic rings. The van der Waals surface area contributed by atoms with Crippen LogP contribution < -0.4 is 15.1 Å². The molecule has 0 spiro atoms. The summed E-state index contributed by atoms with van der Waals surface area (Å²) < 4.78 is 0. The Morgan fingerprint density at radius 1 is 1.22 bits per heavy atom. The second-order valence-corrected chi connectivity index (χ2v) is 4.41. The van der Waals surface area contributed by atoms with Crippen molar-refractivity contribution in [3.8, 4) is 0 Å². The van der Waals surface area contributed by atoms with Crippen molar-refractivity contribution in [2.75, 3.05) is 42.5 Å². The number of anilines is 2. The van der Waals surface area contributed by atoms with Crippen molar-refractivity contribution in [2.24, 2.45) is 0 Å². The van der Waals surface area contributed by atoms with Crippen LogP contribution in [0.1, 0.15) is 13.8 Å². The number of hydrogen-bond acceptors (Lipinski definition) is 3. The lowest BCUT2D eigenvalue weighted by Gasteiger charge is -2.28. The monoisotopic (exact) mass is 247 g/mol. The third kappa shape index (κ3) is 2.64. The van der Waals surface area contributed by atoms with Crippen LogP contribution in [0.5, 0.6) is 0 Å². The van der Waals surface area contributed by atoms with Crippen molar-refractivity contribution in [2.45, 2.75) is 13.8 Å². The number of nitrogens with zero attached hydrogens (tertiary/aromatic N) is 2. The summed E-state index contributed by atoms with van der Waals surface area (Å²) in [5.41, 5.74) is 2.21. The predicted octanol–water partition coefficient (Wildman–Crippen LogP) is 1.47. The van der Waals surface area contributed by atoms with Gasteiger partial charge in [0.25, 0.3) is 0 Å². The van der Waals surface area contributed by atoms with Gasteiger partial charge in [0.2, 0.25) is 5.91 Å². The molecule has 1 heterocycles. The van der Waals surface area contributed by atoms with Crippen LogP contribution >= 0.6 is 0 Å². The molecule has 1 aromatic carbocycles. The van der Waals surface area contributed by atoms with Crippen molar-refractivity contribution in [3.05, 3.63) is 24.3 Å². The minimum atomic E-state index is 0.150. The topological polar surface area (TPSA) is 35.6 Å². The zero-order valence-corrected chi connectivity index (χ0v) is 11.1. The summed E-state index contributed by atoms with van der Waals surface area (Å²) in [6.45, 7) is 8.37. The number of nitrogens with one attached hydrogen (secondary N) is 1. The summed E-state index contributed by atoms with van der Waals surface area (Å²) in [5.74, 6) is 0.150. The maximum absolute atomic E-state index is 11.8. The van der Waals surface area contributed by atoms with E-state index in [1.807, 2.05) is 17.0 Å². The lowest BCUT2D eigenvalue weighted by atomic mass is 10.2. The summed E-state index contributed by atoms with van der Waals surface area (Å²) >= 11 is 0. The Labute approximate surface area is 109 Å². The van der Waals surface area contributed by atoms with Gasteiger partial charge in [-0.05, 0) is 38.1 Å². The standard InChI is InChI=1S/C14H21N3O/c1-3-16(4-2)12-5-7-13(8-6-12)17-10-9-15-11-14(17)18/h5-8,15H,3-4,9-11H2,1-2H3. The van der Waals surface area contributed by atoms with E-state index in [2.05, 4.69) is 36.2 Å². The van der Waals surface area contributed by atoms with Crippen molar-refractivity contribution in [3.63, 3.8) is 0 Å². The summed E-state index contributed by atoms with van der Waals surface area (Å²) in [7, 11) is 0. The van der Waals surface area contributed by atoms with E-state index in [-0.39, 0.29) is 5.91 Å². The zero-order chi connectivity index (χ0) is 13.0. The molecule has 0 bridgehead atoms. The highest BCUT2D eigenvalue weighted by Gasteiger charge is 2.18. The molecule has 1 fully saturated rings. The fraction of sp³-hybridized carbons (Fsp3) is 0.500. The smallest absolute Gasteiger partial charge is 0.240 e. The number of amides is 1. The minimum absolute atomic E-state index is 0.150. The Kier molecular flexibility index (Phi) is 4.20. The van der Waals surface area contributed by atoms with Gasteiger partial charge in [0.1, 0.15) is 0 Å². The quantitative estimate of drug-likeness (QED) is 0.875. The van der Waals surface area contributed by atoms with Crippen molar-refractivity contribution in [1.29, 1.82) is 0 Å². The first-order chi connectivity index (χ1) is 8.76. The number of hydrogen-bond donors (Lipinski definition) is 1. The molecule has 1 aliphatic heterocycles. The molecule has 0 unspecified atom stereocenters. The van der Waals surface area contributed by atoms with Crippen LogP contribution in [-0.2, 0) is 4.79 Å². The van der Waals surface area contributed by atoms with Crippen LogP contribution in [0.25, 0.3) is 0 Å². The summed E-state index contributed by atoms with van der Waals surface area (Å²) in [6, 6.07) is 8.27. The Morgan fingerprint density at radius 2 is 1.89 bits per heavy atom. The van der Waals surface area contributed by atoms with Crippen molar-refractivity contribution >= 4 is 17.3 Å². The number of benzene rings is 1. The lowest BCUT2D eigenvalue weighted by Crippen LogP contribution is -2.48. The van der Waals surface area contributed by atoms with E-state index >= 15 is 0 Å². The van der Waals surface area contributed by atoms with E-state index in [0.717, 1.165) is 31.9 Å². The first-order valence-electron chi connectivity index (χ1n) is 6.62. The van der Waals surface area contributed by atoms with E-state index in [4.69, 9.17) is 0 Å². The Hall–Kier alpha value is -1.55. The second kappa shape index (κ2) is 5.87. The van der Waals surface area contributed by atoms with Gasteiger partial charge in [0.05, 0.1) is 6.54 Å². The van der Waals surface area contributed by atoms with Gasteiger partial charge in [-0.25, -0.2) is 0 Å². The first-order valence-corrected chi connectivity index (χ1v) is 6.62. The van der Waals surface area contributed by atoms with Gasteiger partial charge in [-0.1, -0.05) is 0 Å². The van der Waals surface area contributed by atoms with Gasteiger partial charge in [0.15, 0.2) is 0 Å². The van der Waals surface area contributed by atoms with Gasteiger partial charge in [-0.3, -0.25) is 4.79 Å². The molecule has 0 aromatic heterocycles. The average molecular weight is 247 g/mol. The molecule has 0 radical (unpaired) electrons. The predicted molar refractivity (Wildman–Crippen MR) is 75.2 cm³/mol. The van der Waals surface area contributed by atoms with Crippen LogP contribution in [0.2, 0.25) is 0 Å². The van der Waals surface area contributed by atoms with E-state index in [1.54, 1.807) is 0 Å². The number of rotatable bonds is 4. The summed E-state index contributed by atoms with van der Waals surface area (Å²) in [5, 5.41) is 3.08. The fourth-order valence-corrected chi connectivity index (χ4v) is 2.31. The molecule has 1 N–H and O–H groups in total. The molecule has 0 saturated carbocycles. The van der Waals surface area contributed by atoms with Gasteiger partial charge < -0.3 is 15.1 Å². The molecule has 98 valence electrons. The van der Waals surface area contributed by atoms with E-state index < -0.39 is 0 Å². The van der Waals surface area contributed by atoms with E-state index in [9.17, 15) is 4.79 Å². The maximum atomic E-state index is 11.8. The fourth-order valence-electron chi connectivity index (χ4n) is 2.31. The van der Waals surface area contributed by atoms with Crippen LogP contribution in [0, 0.1) is 0 Å². The highest BCUT2D eigenvalue weighted by atomic mass is 16.2. The van der Waals surface area contributed by atoms with Crippen LogP contribution in [-0.4, -0.2) is 38.6 Å². The minimum Gasteiger partial charge on any atom is -0.372 e. The van der Waals surface area contributed by atoms with Crippen molar-refractivity contribution < 1.29 is 4.79 Å².